The molecule has 1 saturated heterocycles. The Morgan fingerprint density at radius 3 is 2.71 bits per heavy atom. The number of ether oxygens (including phenoxy) is 2. The molecule has 0 aromatic heterocycles. The molecule has 2 atom stereocenters. The predicted molar refractivity (Wildman–Crippen MR) is 68.6 cm³/mol. The number of rotatable bonds is 5. The number of hydrogen-bond donors (Lipinski definition) is 1. The molecule has 17 heavy (non-hydrogen) atoms. The van der Waals surface area contributed by atoms with Gasteiger partial charge in [0.1, 0.15) is 5.75 Å². The third-order valence-corrected chi connectivity index (χ3v) is 3.50. The van der Waals surface area contributed by atoms with Crippen molar-refractivity contribution in [2.75, 3.05) is 33.9 Å². The third-order valence-electron chi connectivity index (χ3n) is 3.50. The number of benzene rings is 1. The van der Waals surface area contributed by atoms with Gasteiger partial charge >= 0.3 is 0 Å². The maximum Gasteiger partial charge on any atom is 0.118 e. The van der Waals surface area contributed by atoms with Crippen LogP contribution in [0.2, 0.25) is 0 Å². The number of likely N-dealkylation sites (N-methyl/N-ethyl adjacent to an activating group) is 1. The maximum absolute atomic E-state index is 5.50. The van der Waals surface area contributed by atoms with Crippen LogP contribution in [-0.2, 0) is 4.74 Å². The maximum atomic E-state index is 5.50. The molecule has 0 radical (unpaired) electrons. The van der Waals surface area contributed by atoms with Gasteiger partial charge in [0.15, 0.2) is 0 Å². The molecule has 1 aromatic carbocycles. The Bertz CT molecular complexity index is 331. The lowest BCUT2D eigenvalue weighted by Crippen LogP contribution is -2.24. The zero-order valence-corrected chi connectivity index (χ0v) is 10.6. The molecule has 0 spiro atoms. The zero-order valence-electron chi connectivity index (χ0n) is 10.6. The van der Waals surface area contributed by atoms with Crippen LogP contribution in [0.5, 0.6) is 5.75 Å². The van der Waals surface area contributed by atoms with Crippen molar-refractivity contribution in [2.45, 2.75) is 12.3 Å². The molecule has 94 valence electrons. The van der Waals surface area contributed by atoms with Crippen LogP contribution >= 0.6 is 0 Å². The Kier molecular flexibility index (Phi) is 4.40. The van der Waals surface area contributed by atoms with E-state index < -0.39 is 0 Å². The highest BCUT2D eigenvalue weighted by Gasteiger charge is 2.26. The quantitative estimate of drug-likeness (QED) is 0.847. The van der Waals surface area contributed by atoms with E-state index in [2.05, 4.69) is 17.4 Å². The summed E-state index contributed by atoms with van der Waals surface area (Å²) in [4.78, 5) is 0. The lowest BCUT2D eigenvalue weighted by molar-refractivity contribution is 0.180. The first-order valence-corrected chi connectivity index (χ1v) is 6.21. The van der Waals surface area contributed by atoms with Crippen LogP contribution in [0.25, 0.3) is 0 Å². The Balaban J connectivity index is 2.12. The highest BCUT2D eigenvalue weighted by molar-refractivity contribution is 5.30. The fourth-order valence-corrected chi connectivity index (χ4v) is 2.50. The first-order valence-electron chi connectivity index (χ1n) is 6.21. The normalized spacial score (nSPS) is 21.4. The fraction of sp³-hybridized carbons (Fsp3) is 0.571. The van der Waals surface area contributed by atoms with Crippen LogP contribution in [0.15, 0.2) is 24.3 Å². The molecule has 3 heteroatoms. The Morgan fingerprint density at radius 1 is 1.41 bits per heavy atom. The predicted octanol–water partition coefficient (Wildman–Crippen LogP) is 2.03. The smallest absolute Gasteiger partial charge is 0.118 e. The van der Waals surface area contributed by atoms with E-state index in [-0.39, 0.29) is 0 Å². The third kappa shape index (κ3) is 2.99. The minimum Gasteiger partial charge on any atom is -0.497 e. The summed E-state index contributed by atoms with van der Waals surface area (Å²) in [5.74, 6) is 2.09. The summed E-state index contributed by atoms with van der Waals surface area (Å²) in [6, 6.07) is 8.40. The molecule has 2 unspecified atom stereocenters. The molecule has 1 N–H and O–H groups in total. The summed E-state index contributed by atoms with van der Waals surface area (Å²) in [7, 11) is 3.71. The van der Waals surface area contributed by atoms with Crippen LogP contribution in [0.1, 0.15) is 17.9 Å². The van der Waals surface area contributed by atoms with E-state index in [1.165, 1.54) is 12.0 Å². The molecular weight excluding hydrogens is 214 g/mol. The zero-order chi connectivity index (χ0) is 12.1. The molecule has 1 heterocycles. The van der Waals surface area contributed by atoms with Crippen LogP contribution in [0.4, 0.5) is 0 Å². The van der Waals surface area contributed by atoms with Gasteiger partial charge in [-0.05, 0) is 37.1 Å². The Morgan fingerprint density at radius 2 is 2.18 bits per heavy atom. The van der Waals surface area contributed by atoms with E-state index in [9.17, 15) is 0 Å². The van der Waals surface area contributed by atoms with Crippen molar-refractivity contribution in [3.05, 3.63) is 29.8 Å². The largest absolute Gasteiger partial charge is 0.497 e. The van der Waals surface area contributed by atoms with Gasteiger partial charge in [0.2, 0.25) is 0 Å². The second kappa shape index (κ2) is 6.03. The molecule has 2 rings (SSSR count). The van der Waals surface area contributed by atoms with Crippen LogP contribution in [0, 0.1) is 5.92 Å². The van der Waals surface area contributed by atoms with Crippen LogP contribution in [0.3, 0.4) is 0 Å². The summed E-state index contributed by atoms with van der Waals surface area (Å²) in [5.41, 5.74) is 1.37. The van der Waals surface area contributed by atoms with Crippen molar-refractivity contribution in [1.82, 2.24) is 5.32 Å². The minimum atomic E-state index is 0.536. The summed E-state index contributed by atoms with van der Waals surface area (Å²) in [5, 5.41) is 3.28. The lowest BCUT2D eigenvalue weighted by Gasteiger charge is -2.22. The van der Waals surface area contributed by atoms with E-state index in [4.69, 9.17) is 9.47 Å². The fourth-order valence-electron chi connectivity index (χ4n) is 2.50. The van der Waals surface area contributed by atoms with Crippen molar-refractivity contribution in [3.63, 3.8) is 0 Å². The van der Waals surface area contributed by atoms with E-state index in [0.717, 1.165) is 25.5 Å². The van der Waals surface area contributed by atoms with Crippen molar-refractivity contribution < 1.29 is 9.47 Å². The molecule has 1 fully saturated rings. The molecule has 1 aromatic rings. The van der Waals surface area contributed by atoms with Crippen molar-refractivity contribution in [3.8, 4) is 5.75 Å². The van der Waals surface area contributed by atoms with Gasteiger partial charge in [0.05, 0.1) is 13.7 Å². The number of methoxy groups -OCH3 is 1. The van der Waals surface area contributed by atoms with Gasteiger partial charge in [0, 0.05) is 19.1 Å². The molecule has 1 aliphatic rings. The van der Waals surface area contributed by atoms with Gasteiger partial charge in [-0.1, -0.05) is 12.1 Å². The SMILES string of the molecule is CNCC(c1ccc(OC)cc1)C1CCOC1. The van der Waals surface area contributed by atoms with Crippen molar-refractivity contribution >= 4 is 0 Å². The highest BCUT2D eigenvalue weighted by Crippen LogP contribution is 2.31. The minimum absolute atomic E-state index is 0.536. The highest BCUT2D eigenvalue weighted by atomic mass is 16.5. The molecule has 1 aliphatic heterocycles. The summed E-state index contributed by atoms with van der Waals surface area (Å²) < 4.78 is 10.7. The lowest BCUT2D eigenvalue weighted by atomic mass is 9.85. The molecule has 0 aliphatic carbocycles. The van der Waals surface area contributed by atoms with Crippen molar-refractivity contribution in [2.24, 2.45) is 5.92 Å². The second-order valence-corrected chi connectivity index (χ2v) is 4.56. The first kappa shape index (κ1) is 12.4. The Labute approximate surface area is 103 Å². The van der Waals surface area contributed by atoms with Gasteiger partial charge < -0.3 is 14.8 Å². The first-order chi connectivity index (χ1) is 8.35. The van der Waals surface area contributed by atoms with Gasteiger partial charge in [-0.25, -0.2) is 0 Å². The molecular formula is C14H21NO2. The molecule has 0 saturated carbocycles. The van der Waals surface area contributed by atoms with Crippen LogP contribution < -0.4 is 10.1 Å². The van der Waals surface area contributed by atoms with Gasteiger partial charge in [0.25, 0.3) is 0 Å². The summed E-state index contributed by atoms with van der Waals surface area (Å²) in [6.45, 7) is 2.79. The summed E-state index contributed by atoms with van der Waals surface area (Å²) >= 11 is 0. The van der Waals surface area contributed by atoms with Gasteiger partial charge in [-0.15, -0.1) is 0 Å². The number of nitrogens with one attached hydrogen (secondary N) is 1. The van der Waals surface area contributed by atoms with E-state index in [0.29, 0.717) is 11.8 Å². The van der Waals surface area contributed by atoms with Gasteiger partial charge in [-0.3, -0.25) is 0 Å². The Hall–Kier alpha value is -1.06. The monoisotopic (exact) mass is 235 g/mol. The average molecular weight is 235 g/mol. The molecule has 0 bridgehead atoms. The average Bonchev–Trinajstić information content (AvgIpc) is 2.90. The van der Waals surface area contributed by atoms with Crippen LogP contribution in [-0.4, -0.2) is 33.9 Å². The topological polar surface area (TPSA) is 30.5 Å². The summed E-state index contributed by atoms with van der Waals surface area (Å²) in [6.07, 6.45) is 1.17. The van der Waals surface area contributed by atoms with E-state index >= 15 is 0 Å². The number of hydrogen-bond acceptors (Lipinski definition) is 3. The molecule has 3 nitrogen and oxygen atoms in total. The van der Waals surface area contributed by atoms with Gasteiger partial charge in [-0.2, -0.15) is 0 Å². The standard InChI is InChI=1S/C14H21NO2/c1-15-9-14(12-7-8-17-10-12)11-3-5-13(16-2)6-4-11/h3-6,12,14-15H,7-10H2,1-2H3. The van der Waals surface area contributed by atoms with Crippen molar-refractivity contribution in [1.29, 1.82) is 0 Å². The molecule has 0 amide bonds. The van der Waals surface area contributed by atoms with E-state index in [1.54, 1.807) is 7.11 Å². The second-order valence-electron chi connectivity index (χ2n) is 4.56. The van der Waals surface area contributed by atoms with E-state index in [1.807, 2.05) is 19.2 Å².